The first-order chi connectivity index (χ1) is 5.96. The Kier molecular flexibility index (Phi) is 4.99. The van der Waals surface area contributed by atoms with Crippen LogP contribution < -0.4 is 5.73 Å². The quantitative estimate of drug-likeness (QED) is 0.681. The van der Waals surface area contributed by atoms with Crippen molar-refractivity contribution in [3.8, 4) is 0 Å². The summed E-state index contributed by atoms with van der Waals surface area (Å²) in [5, 5.41) is 0. The van der Waals surface area contributed by atoms with E-state index in [2.05, 4.69) is 18.7 Å². The van der Waals surface area contributed by atoms with Crippen molar-refractivity contribution in [2.75, 3.05) is 13.1 Å². The summed E-state index contributed by atoms with van der Waals surface area (Å²) >= 11 is 0. The standard InChI is InChI=1S/C10H22N2O/c1-5-7-12(8-6-2)10(3,4)9(11)13/h5-8H2,1-4H3,(H2,11,13). The SMILES string of the molecule is CCCN(CCC)C(C)(C)C(N)=O. The molecule has 3 heteroatoms. The normalized spacial score (nSPS) is 12.1. The van der Waals surface area contributed by atoms with Crippen molar-refractivity contribution >= 4 is 5.91 Å². The topological polar surface area (TPSA) is 46.3 Å². The van der Waals surface area contributed by atoms with E-state index in [9.17, 15) is 4.79 Å². The van der Waals surface area contributed by atoms with Crippen LogP contribution in [0.15, 0.2) is 0 Å². The lowest BCUT2D eigenvalue weighted by Gasteiger charge is -2.35. The van der Waals surface area contributed by atoms with Gasteiger partial charge < -0.3 is 5.73 Å². The summed E-state index contributed by atoms with van der Waals surface area (Å²) < 4.78 is 0. The van der Waals surface area contributed by atoms with E-state index in [4.69, 9.17) is 5.73 Å². The molecule has 0 fully saturated rings. The molecule has 0 aromatic rings. The Morgan fingerprint density at radius 3 is 1.85 bits per heavy atom. The third-order valence-corrected chi connectivity index (χ3v) is 2.38. The van der Waals surface area contributed by atoms with Gasteiger partial charge in [-0.3, -0.25) is 9.69 Å². The van der Waals surface area contributed by atoms with E-state index in [-0.39, 0.29) is 5.91 Å². The van der Waals surface area contributed by atoms with E-state index in [0.29, 0.717) is 0 Å². The van der Waals surface area contributed by atoms with E-state index < -0.39 is 5.54 Å². The van der Waals surface area contributed by atoms with E-state index >= 15 is 0 Å². The van der Waals surface area contributed by atoms with Crippen LogP contribution in [0.5, 0.6) is 0 Å². The van der Waals surface area contributed by atoms with Gasteiger partial charge in [-0.15, -0.1) is 0 Å². The molecule has 0 aliphatic carbocycles. The number of primary amides is 1. The van der Waals surface area contributed by atoms with Crippen molar-refractivity contribution in [1.29, 1.82) is 0 Å². The van der Waals surface area contributed by atoms with Crippen LogP contribution in [-0.2, 0) is 4.79 Å². The number of hydrogen-bond donors (Lipinski definition) is 1. The van der Waals surface area contributed by atoms with Crippen molar-refractivity contribution in [3.05, 3.63) is 0 Å². The molecule has 0 heterocycles. The van der Waals surface area contributed by atoms with Gasteiger partial charge in [-0.05, 0) is 39.8 Å². The fraction of sp³-hybridized carbons (Fsp3) is 0.900. The summed E-state index contributed by atoms with van der Waals surface area (Å²) in [4.78, 5) is 13.3. The van der Waals surface area contributed by atoms with Crippen molar-refractivity contribution in [1.82, 2.24) is 4.90 Å². The summed E-state index contributed by atoms with van der Waals surface area (Å²) in [7, 11) is 0. The molecule has 3 nitrogen and oxygen atoms in total. The molecule has 0 aromatic heterocycles. The van der Waals surface area contributed by atoms with Crippen LogP contribution in [0.3, 0.4) is 0 Å². The number of rotatable bonds is 6. The van der Waals surface area contributed by atoms with E-state index in [1.54, 1.807) is 0 Å². The van der Waals surface area contributed by atoms with E-state index in [0.717, 1.165) is 25.9 Å². The molecule has 0 rings (SSSR count). The highest BCUT2D eigenvalue weighted by atomic mass is 16.1. The van der Waals surface area contributed by atoms with Crippen LogP contribution in [0, 0.1) is 0 Å². The molecule has 78 valence electrons. The van der Waals surface area contributed by atoms with Gasteiger partial charge in [0.25, 0.3) is 0 Å². The van der Waals surface area contributed by atoms with Gasteiger partial charge in [0.1, 0.15) is 0 Å². The number of nitrogens with two attached hydrogens (primary N) is 1. The average Bonchev–Trinajstić information content (AvgIpc) is 2.03. The molecule has 0 saturated carbocycles. The molecule has 0 aliphatic rings. The van der Waals surface area contributed by atoms with Crippen molar-refractivity contribution < 1.29 is 4.79 Å². The van der Waals surface area contributed by atoms with Gasteiger partial charge in [0, 0.05) is 0 Å². The Bertz CT molecular complexity index is 160. The molecule has 0 atom stereocenters. The number of carbonyl (C=O) groups is 1. The summed E-state index contributed by atoms with van der Waals surface area (Å²) in [6.07, 6.45) is 2.10. The number of nitrogens with zero attached hydrogens (tertiary/aromatic N) is 1. The minimum Gasteiger partial charge on any atom is -0.368 e. The third-order valence-electron chi connectivity index (χ3n) is 2.38. The van der Waals surface area contributed by atoms with Crippen LogP contribution in [-0.4, -0.2) is 29.4 Å². The van der Waals surface area contributed by atoms with Gasteiger partial charge in [0.05, 0.1) is 5.54 Å². The zero-order valence-electron chi connectivity index (χ0n) is 9.26. The maximum atomic E-state index is 11.2. The van der Waals surface area contributed by atoms with Crippen LogP contribution in [0.4, 0.5) is 0 Å². The lowest BCUT2D eigenvalue weighted by atomic mass is 10.0. The molecule has 0 radical (unpaired) electrons. The molecule has 0 aromatic carbocycles. The number of carbonyl (C=O) groups excluding carboxylic acids is 1. The highest BCUT2D eigenvalue weighted by molar-refractivity contribution is 5.83. The highest BCUT2D eigenvalue weighted by Crippen LogP contribution is 2.14. The molecular weight excluding hydrogens is 164 g/mol. The Labute approximate surface area is 81.3 Å². The van der Waals surface area contributed by atoms with Crippen LogP contribution >= 0.6 is 0 Å². The Balaban J connectivity index is 4.41. The third kappa shape index (κ3) is 3.35. The van der Waals surface area contributed by atoms with Crippen molar-refractivity contribution in [2.45, 2.75) is 46.1 Å². The Hall–Kier alpha value is -0.570. The second kappa shape index (κ2) is 5.22. The minimum absolute atomic E-state index is 0.241. The maximum absolute atomic E-state index is 11.2. The van der Waals surface area contributed by atoms with Crippen LogP contribution in [0.1, 0.15) is 40.5 Å². The second-order valence-corrected chi connectivity index (χ2v) is 3.91. The fourth-order valence-electron chi connectivity index (χ4n) is 1.37. The predicted octanol–water partition coefficient (Wildman–Crippen LogP) is 1.37. The molecule has 0 bridgehead atoms. The highest BCUT2D eigenvalue weighted by Gasteiger charge is 2.31. The largest absolute Gasteiger partial charge is 0.368 e. The second-order valence-electron chi connectivity index (χ2n) is 3.91. The summed E-state index contributed by atoms with van der Waals surface area (Å²) in [5.74, 6) is -0.241. The average molecular weight is 186 g/mol. The monoisotopic (exact) mass is 186 g/mol. The summed E-state index contributed by atoms with van der Waals surface area (Å²) in [6.45, 7) is 9.87. The van der Waals surface area contributed by atoms with Gasteiger partial charge in [-0.1, -0.05) is 13.8 Å². The maximum Gasteiger partial charge on any atom is 0.237 e. The first-order valence-corrected chi connectivity index (χ1v) is 5.01. The fourth-order valence-corrected chi connectivity index (χ4v) is 1.37. The van der Waals surface area contributed by atoms with Crippen LogP contribution in [0.2, 0.25) is 0 Å². The summed E-state index contributed by atoms with van der Waals surface area (Å²) in [6, 6.07) is 0. The lowest BCUT2D eigenvalue weighted by Crippen LogP contribution is -2.53. The van der Waals surface area contributed by atoms with Gasteiger partial charge in [0.2, 0.25) is 5.91 Å². The zero-order valence-corrected chi connectivity index (χ0v) is 9.26. The van der Waals surface area contributed by atoms with Gasteiger partial charge in [0.15, 0.2) is 0 Å². The number of hydrogen-bond acceptors (Lipinski definition) is 2. The molecule has 2 N–H and O–H groups in total. The first-order valence-electron chi connectivity index (χ1n) is 5.01. The van der Waals surface area contributed by atoms with Gasteiger partial charge in [-0.25, -0.2) is 0 Å². The van der Waals surface area contributed by atoms with Gasteiger partial charge in [-0.2, -0.15) is 0 Å². The Morgan fingerprint density at radius 2 is 1.62 bits per heavy atom. The molecule has 1 amide bonds. The number of amides is 1. The minimum atomic E-state index is -0.508. The van der Waals surface area contributed by atoms with Crippen molar-refractivity contribution in [3.63, 3.8) is 0 Å². The zero-order chi connectivity index (χ0) is 10.5. The van der Waals surface area contributed by atoms with E-state index in [1.165, 1.54) is 0 Å². The molecular formula is C10H22N2O. The smallest absolute Gasteiger partial charge is 0.237 e. The van der Waals surface area contributed by atoms with Crippen LogP contribution in [0.25, 0.3) is 0 Å². The molecule has 0 spiro atoms. The van der Waals surface area contributed by atoms with Crippen molar-refractivity contribution in [2.24, 2.45) is 5.73 Å². The molecule has 13 heavy (non-hydrogen) atoms. The van der Waals surface area contributed by atoms with E-state index in [1.807, 2.05) is 13.8 Å². The predicted molar refractivity (Wildman–Crippen MR) is 55.4 cm³/mol. The lowest BCUT2D eigenvalue weighted by molar-refractivity contribution is -0.128. The molecule has 0 aliphatic heterocycles. The first kappa shape index (κ1) is 12.4. The summed E-state index contributed by atoms with van der Waals surface area (Å²) in [5.41, 5.74) is 4.84. The molecule has 0 unspecified atom stereocenters. The molecule has 0 saturated heterocycles. The Morgan fingerprint density at radius 1 is 1.23 bits per heavy atom. The van der Waals surface area contributed by atoms with Gasteiger partial charge >= 0.3 is 0 Å².